The first-order valence-corrected chi connectivity index (χ1v) is 12.7. The second-order valence-corrected chi connectivity index (χ2v) is 10.6. The number of nitrogens with zero attached hydrogens (tertiary/aromatic N) is 4. The first-order chi connectivity index (χ1) is 14.9. The van der Waals surface area contributed by atoms with E-state index in [0.29, 0.717) is 44.1 Å². The van der Waals surface area contributed by atoms with E-state index in [-0.39, 0.29) is 17.6 Å². The number of benzene rings is 1. The summed E-state index contributed by atoms with van der Waals surface area (Å²) < 4.78 is 26.3. The molecule has 0 radical (unpaired) electrons. The quantitative estimate of drug-likeness (QED) is 0.687. The highest BCUT2D eigenvalue weighted by Gasteiger charge is 2.33. The molecule has 1 saturated heterocycles. The number of hydrogen-bond donors (Lipinski definition) is 0. The molecular formula is C23H30N4O3S. The highest BCUT2D eigenvalue weighted by Crippen LogP contribution is 2.32. The van der Waals surface area contributed by atoms with Crippen LogP contribution in [-0.4, -0.2) is 54.0 Å². The maximum absolute atomic E-state index is 12.8. The SMILES string of the molecule is CCS(=O)(=O)N1CCCC(c2nc(C)c3c(n2)N(CCc2ccccc2)C(=O)CC3)C1. The van der Waals surface area contributed by atoms with Crippen LogP contribution in [-0.2, 0) is 27.7 Å². The standard InChI is InChI=1S/C23H30N4O3S/c1-3-31(29,30)26-14-7-10-19(16-26)22-24-17(2)20-11-12-21(28)27(23(20)25-22)15-13-18-8-5-4-6-9-18/h4-6,8-9,19H,3,7,10-16H2,1-2H3. The Kier molecular flexibility index (Phi) is 6.39. The normalized spacial score (nSPS) is 20.0. The zero-order valence-electron chi connectivity index (χ0n) is 18.2. The highest BCUT2D eigenvalue weighted by molar-refractivity contribution is 7.89. The third-order valence-electron chi connectivity index (χ3n) is 6.33. The van der Waals surface area contributed by atoms with Gasteiger partial charge in [-0.3, -0.25) is 9.69 Å². The molecule has 1 atom stereocenters. The summed E-state index contributed by atoms with van der Waals surface area (Å²) in [5.41, 5.74) is 3.11. The number of sulfonamides is 1. The molecule has 166 valence electrons. The maximum Gasteiger partial charge on any atom is 0.228 e. The molecule has 0 N–H and O–H groups in total. The van der Waals surface area contributed by atoms with Gasteiger partial charge in [-0.05, 0) is 45.1 Å². The lowest BCUT2D eigenvalue weighted by Crippen LogP contribution is -2.41. The fraction of sp³-hybridized carbons (Fsp3) is 0.522. The average Bonchev–Trinajstić information content (AvgIpc) is 2.79. The predicted molar refractivity (Wildman–Crippen MR) is 121 cm³/mol. The molecule has 1 fully saturated rings. The van der Waals surface area contributed by atoms with Gasteiger partial charge in [0.2, 0.25) is 15.9 Å². The van der Waals surface area contributed by atoms with E-state index in [1.165, 1.54) is 5.56 Å². The number of amides is 1. The van der Waals surface area contributed by atoms with E-state index in [9.17, 15) is 13.2 Å². The number of anilines is 1. The van der Waals surface area contributed by atoms with Crippen molar-refractivity contribution in [2.75, 3.05) is 30.3 Å². The first-order valence-electron chi connectivity index (χ1n) is 11.1. The molecule has 1 aromatic carbocycles. The van der Waals surface area contributed by atoms with E-state index in [1.54, 1.807) is 16.1 Å². The van der Waals surface area contributed by atoms with E-state index in [0.717, 1.165) is 30.5 Å². The lowest BCUT2D eigenvalue weighted by atomic mass is 9.97. The molecule has 1 unspecified atom stereocenters. The Hall–Kier alpha value is -2.32. The van der Waals surface area contributed by atoms with E-state index in [4.69, 9.17) is 9.97 Å². The Morgan fingerprint density at radius 3 is 2.65 bits per heavy atom. The van der Waals surface area contributed by atoms with Crippen LogP contribution in [0.15, 0.2) is 30.3 Å². The van der Waals surface area contributed by atoms with E-state index in [1.807, 2.05) is 25.1 Å². The van der Waals surface area contributed by atoms with Gasteiger partial charge in [-0.1, -0.05) is 30.3 Å². The van der Waals surface area contributed by atoms with Crippen LogP contribution in [0.4, 0.5) is 5.82 Å². The zero-order valence-corrected chi connectivity index (χ0v) is 19.1. The van der Waals surface area contributed by atoms with Crippen LogP contribution < -0.4 is 4.90 Å². The Morgan fingerprint density at radius 1 is 1.13 bits per heavy atom. The molecular weight excluding hydrogens is 412 g/mol. The van der Waals surface area contributed by atoms with Crippen LogP contribution in [0.1, 0.15) is 54.7 Å². The second-order valence-electron chi connectivity index (χ2n) is 8.35. The van der Waals surface area contributed by atoms with Crippen molar-refractivity contribution < 1.29 is 13.2 Å². The summed E-state index contributed by atoms with van der Waals surface area (Å²) in [7, 11) is -3.24. The summed E-state index contributed by atoms with van der Waals surface area (Å²) in [6, 6.07) is 10.1. The number of fused-ring (bicyclic) bond motifs is 1. The van der Waals surface area contributed by atoms with Crippen molar-refractivity contribution in [2.24, 2.45) is 0 Å². The summed E-state index contributed by atoms with van der Waals surface area (Å²) in [6.45, 7) is 5.19. The van der Waals surface area contributed by atoms with Crippen molar-refractivity contribution in [2.45, 2.75) is 51.9 Å². The molecule has 2 aliphatic heterocycles. The third kappa shape index (κ3) is 4.65. The van der Waals surface area contributed by atoms with Crippen LogP contribution in [0, 0.1) is 6.92 Å². The Bertz CT molecular complexity index is 1060. The van der Waals surface area contributed by atoms with Gasteiger partial charge in [0.05, 0.1) is 5.75 Å². The summed E-state index contributed by atoms with van der Waals surface area (Å²) in [4.78, 5) is 24.2. The first kappa shape index (κ1) is 21.9. The Morgan fingerprint density at radius 2 is 1.90 bits per heavy atom. The molecule has 2 aliphatic rings. The van der Waals surface area contributed by atoms with Crippen molar-refractivity contribution >= 4 is 21.7 Å². The number of piperidine rings is 1. The van der Waals surface area contributed by atoms with Crippen LogP contribution in [0.2, 0.25) is 0 Å². The molecule has 0 spiro atoms. The van der Waals surface area contributed by atoms with Gasteiger partial charge in [-0.2, -0.15) is 0 Å². The van der Waals surface area contributed by atoms with E-state index in [2.05, 4.69) is 12.1 Å². The van der Waals surface area contributed by atoms with Gasteiger partial charge in [-0.15, -0.1) is 0 Å². The minimum Gasteiger partial charge on any atom is -0.296 e. The molecule has 8 heteroatoms. The number of carbonyl (C=O) groups excluding carboxylic acids is 1. The monoisotopic (exact) mass is 442 g/mol. The topological polar surface area (TPSA) is 83.5 Å². The summed E-state index contributed by atoms with van der Waals surface area (Å²) in [5.74, 6) is 1.51. The molecule has 7 nitrogen and oxygen atoms in total. The van der Waals surface area contributed by atoms with Gasteiger partial charge >= 0.3 is 0 Å². The lowest BCUT2D eigenvalue weighted by molar-refractivity contribution is -0.118. The van der Waals surface area contributed by atoms with Crippen molar-refractivity contribution in [3.63, 3.8) is 0 Å². The molecule has 0 aliphatic carbocycles. The number of carbonyl (C=O) groups is 1. The van der Waals surface area contributed by atoms with Gasteiger partial charge in [-0.25, -0.2) is 22.7 Å². The van der Waals surface area contributed by atoms with Crippen molar-refractivity contribution in [1.82, 2.24) is 14.3 Å². The molecule has 3 heterocycles. The van der Waals surface area contributed by atoms with E-state index < -0.39 is 10.0 Å². The highest BCUT2D eigenvalue weighted by atomic mass is 32.2. The number of aromatic nitrogens is 2. The van der Waals surface area contributed by atoms with Gasteiger partial charge < -0.3 is 0 Å². The van der Waals surface area contributed by atoms with Gasteiger partial charge in [0.25, 0.3) is 0 Å². The fourth-order valence-corrected chi connectivity index (χ4v) is 5.67. The van der Waals surface area contributed by atoms with Crippen LogP contribution in [0.5, 0.6) is 0 Å². The van der Waals surface area contributed by atoms with Crippen molar-refractivity contribution in [3.8, 4) is 0 Å². The third-order valence-corrected chi connectivity index (χ3v) is 8.18. The largest absolute Gasteiger partial charge is 0.296 e. The lowest BCUT2D eigenvalue weighted by Gasteiger charge is -2.33. The minimum atomic E-state index is -3.24. The molecule has 1 amide bonds. The van der Waals surface area contributed by atoms with Crippen LogP contribution >= 0.6 is 0 Å². The van der Waals surface area contributed by atoms with Gasteiger partial charge in [0.15, 0.2) is 0 Å². The van der Waals surface area contributed by atoms with Gasteiger partial charge in [0, 0.05) is 43.2 Å². The van der Waals surface area contributed by atoms with Crippen molar-refractivity contribution in [1.29, 1.82) is 0 Å². The molecule has 1 aromatic heterocycles. The zero-order chi connectivity index (χ0) is 22.0. The minimum absolute atomic E-state index is 0.0490. The van der Waals surface area contributed by atoms with Crippen LogP contribution in [0.3, 0.4) is 0 Å². The van der Waals surface area contributed by atoms with E-state index >= 15 is 0 Å². The second kappa shape index (κ2) is 9.04. The average molecular weight is 443 g/mol. The number of hydrogen-bond acceptors (Lipinski definition) is 5. The van der Waals surface area contributed by atoms with Crippen molar-refractivity contribution in [3.05, 3.63) is 53.0 Å². The van der Waals surface area contributed by atoms with Crippen LogP contribution in [0.25, 0.3) is 0 Å². The molecule has 2 aromatic rings. The predicted octanol–water partition coefficient (Wildman–Crippen LogP) is 2.84. The number of rotatable bonds is 6. The maximum atomic E-state index is 12.8. The summed E-state index contributed by atoms with van der Waals surface area (Å²) in [6.07, 6.45) is 3.53. The molecule has 0 bridgehead atoms. The number of aryl methyl sites for hydroxylation is 1. The Labute approximate surface area is 184 Å². The summed E-state index contributed by atoms with van der Waals surface area (Å²) in [5, 5.41) is 0. The summed E-state index contributed by atoms with van der Waals surface area (Å²) >= 11 is 0. The van der Waals surface area contributed by atoms with Gasteiger partial charge in [0.1, 0.15) is 11.6 Å². The Balaban J connectivity index is 1.61. The smallest absolute Gasteiger partial charge is 0.228 e. The molecule has 31 heavy (non-hydrogen) atoms. The molecule has 0 saturated carbocycles. The molecule has 4 rings (SSSR count). The fourth-order valence-electron chi connectivity index (χ4n) is 4.49.